The van der Waals surface area contributed by atoms with Crippen LogP contribution in [0.3, 0.4) is 0 Å². The Morgan fingerprint density at radius 1 is 0.492 bits per heavy atom. The Labute approximate surface area is 353 Å². The van der Waals surface area contributed by atoms with Crippen LogP contribution >= 0.6 is 11.3 Å². The summed E-state index contributed by atoms with van der Waals surface area (Å²) in [6, 6.07) is 49.9. The maximum atomic E-state index is 2.81. The van der Waals surface area contributed by atoms with Crippen molar-refractivity contribution in [2.24, 2.45) is 0 Å². The SMILES string of the molecule is CC(C)(C)c1ccc(N2c3ccc4c5c3B(c3cc(C(C)(C)C)cc6c3N5B(c3cc(C(C)(C)C)ccc3-4)c3ccc4ccccc4c3-6)c3sc4ccccc4c32)cc1. The van der Waals surface area contributed by atoms with E-state index in [2.05, 4.69) is 199 Å². The molecule has 0 bridgehead atoms. The van der Waals surface area contributed by atoms with Gasteiger partial charge in [-0.25, -0.2) is 0 Å². The first-order valence-corrected chi connectivity index (χ1v) is 22.2. The van der Waals surface area contributed by atoms with E-state index in [-0.39, 0.29) is 29.8 Å². The van der Waals surface area contributed by atoms with E-state index in [1.54, 1.807) is 0 Å². The molecule has 7 aromatic carbocycles. The Balaban J connectivity index is 1.26. The molecule has 8 aromatic rings. The second-order valence-electron chi connectivity index (χ2n) is 20.6. The molecular weight excluding hydrogens is 730 g/mol. The lowest BCUT2D eigenvalue weighted by molar-refractivity contribution is 0.590. The molecule has 0 atom stereocenters. The molecule has 4 aliphatic heterocycles. The molecule has 0 amide bonds. The van der Waals surface area contributed by atoms with Crippen molar-refractivity contribution in [2.75, 3.05) is 9.71 Å². The van der Waals surface area contributed by atoms with Gasteiger partial charge >= 0.3 is 6.85 Å². The van der Waals surface area contributed by atoms with Crippen molar-refractivity contribution in [1.82, 2.24) is 0 Å². The fraction of sp³-hybridized carbons (Fsp3) is 0.222. The number of fused-ring (bicyclic) bond motifs is 13. The summed E-state index contributed by atoms with van der Waals surface area (Å²) in [4.78, 5) is 5.43. The highest BCUT2D eigenvalue weighted by molar-refractivity contribution is 7.34. The van der Waals surface area contributed by atoms with Crippen LogP contribution in [0, 0.1) is 0 Å². The van der Waals surface area contributed by atoms with Crippen LogP contribution in [-0.2, 0) is 16.2 Å². The van der Waals surface area contributed by atoms with Crippen molar-refractivity contribution in [3.63, 3.8) is 0 Å². The quantitative estimate of drug-likeness (QED) is 0.153. The number of hydrogen-bond donors (Lipinski definition) is 0. The highest BCUT2D eigenvalue weighted by atomic mass is 32.1. The molecule has 5 heterocycles. The molecule has 0 saturated heterocycles. The van der Waals surface area contributed by atoms with Crippen LogP contribution in [0.25, 0.3) is 43.1 Å². The normalized spacial score (nSPS) is 14.7. The van der Waals surface area contributed by atoms with E-state index >= 15 is 0 Å². The minimum absolute atomic E-state index is 0.0182. The van der Waals surface area contributed by atoms with E-state index in [9.17, 15) is 0 Å². The lowest BCUT2D eigenvalue weighted by Gasteiger charge is -2.51. The number of anilines is 5. The van der Waals surface area contributed by atoms with Gasteiger partial charge < -0.3 is 9.71 Å². The minimum Gasteiger partial charge on any atom is -0.377 e. The van der Waals surface area contributed by atoms with E-state index in [0.29, 0.717) is 0 Å². The van der Waals surface area contributed by atoms with Crippen LogP contribution in [0.15, 0.2) is 127 Å². The molecule has 0 spiro atoms. The fourth-order valence-electron chi connectivity index (χ4n) is 10.9. The molecule has 0 radical (unpaired) electrons. The van der Waals surface area contributed by atoms with Crippen LogP contribution in [-0.4, -0.2) is 13.6 Å². The van der Waals surface area contributed by atoms with Gasteiger partial charge in [0.2, 0.25) is 0 Å². The van der Waals surface area contributed by atoms with Crippen molar-refractivity contribution in [3.8, 4) is 22.3 Å². The molecule has 0 N–H and O–H groups in total. The van der Waals surface area contributed by atoms with Gasteiger partial charge in [-0.05, 0) is 107 Å². The topological polar surface area (TPSA) is 6.48 Å². The van der Waals surface area contributed by atoms with Crippen LogP contribution in [0.4, 0.5) is 28.4 Å². The van der Waals surface area contributed by atoms with Crippen molar-refractivity contribution in [1.29, 1.82) is 0 Å². The Morgan fingerprint density at radius 2 is 1.15 bits per heavy atom. The third-order valence-corrected chi connectivity index (χ3v) is 15.1. The summed E-state index contributed by atoms with van der Waals surface area (Å²) in [5.41, 5.74) is 21.9. The molecular formula is C54H48B2N2S. The number of hydrogen-bond acceptors (Lipinski definition) is 3. The number of rotatable bonds is 1. The van der Waals surface area contributed by atoms with Crippen LogP contribution in [0.5, 0.6) is 0 Å². The lowest BCUT2D eigenvalue weighted by atomic mass is 9.32. The first kappa shape index (κ1) is 35.4. The molecule has 59 heavy (non-hydrogen) atoms. The average molecular weight is 779 g/mol. The summed E-state index contributed by atoms with van der Waals surface area (Å²) in [6.45, 7) is 21.2. The van der Waals surface area contributed by atoms with Gasteiger partial charge in [-0.1, -0.05) is 159 Å². The van der Waals surface area contributed by atoms with E-state index in [1.165, 1.54) is 115 Å². The predicted octanol–water partition coefficient (Wildman–Crippen LogP) is 11.5. The zero-order valence-corrected chi connectivity index (χ0v) is 36.4. The largest absolute Gasteiger partial charge is 0.377 e. The summed E-state index contributed by atoms with van der Waals surface area (Å²) in [5.74, 6) is 0. The first-order valence-electron chi connectivity index (χ1n) is 21.4. The fourth-order valence-corrected chi connectivity index (χ4v) is 12.2. The predicted molar refractivity (Wildman–Crippen MR) is 259 cm³/mol. The molecule has 0 fully saturated rings. The molecule has 0 unspecified atom stereocenters. The highest BCUT2D eigenvalue weighted by Crippen LogP contribution is 2.54. The van der Waals surface area contributed by atoms with Gasteiger partial charge in [0.1, 0.15) is 0 Å². The third-order valence-electron chi connectivity index (χ3n) is 13.9. The van der Waals surface area contributed by atoms with Crippen molar-refractivity contribution >= 4 is 101 Å². The Bertz CT molecular complexity index is 3130. The standard InChI is InChI=1S/C54H48B2N2S/c1-52(2,3)32-19-22-35(23-20-32)57-44-27-25-38-37-24-21-33(53(4,5)6)29-42(37)56-41-26-18-31-14-10-11-15-36(31)46(41)40-28-34(54(7,8)9)30-43-48(40)58(56)49(38)47(44)55(43)51-50(57)39-16-12-13-17-45(39)59-51/h10-30H,1-9H3. The molecule has 286 valence electrons. The highest BCUT2D eigenvalue weighted by Gasteiger charge is 2.53. The zero-order valence-electron chi connectivity index (χ0n) is 35.6. The van der Waals surface area contributed by atoms with Crippen molar-refractivity contribution in [3.05, 3.63) is 144 Å². The third kappa shape index (κ3) is 4.77. The van der Waals surface area contributed by atoms with Gasteiger partial charge in [-0.15, -0.1) is 11.3 Å². The summed E-state index contributed by atoms with van der Waals surface area (Å²) in [7, 11) is 0. The monoisotopic (exact) mass is 778 g/mol. The number of nitrogens with zero attached hydrogens (tertiary/aromatic N) is 2. The lowest BCUT2D eigenvalue weighted by Crippen LogP contribution is -2.69. The van der Waals surface area contributed by atoms with Crippen molar-refractivity contribution < 1.29 is 0 Å². The molecule has 0 aliphatic carbocycles. The average Bonchev–Trinajstić information content (AvgIpc) is 3.59. The smallest absolute Gasteiger partial charge is 0.329 e. The summed E-state index contributed by atoms with van der Waals surface area (Å²) in [6.07, 6.45) is 0. The van der Waals surface area contributed by atoms with Gasteiger partial charge in [0.25, 0.3) is 6.71 Å². The Morgan fingerprint density at radius 3 is 1.90 bits per heavy atom. The van der Waals surface area contributed by atoms with E-state index in [4.69, 9.17) is 0 Å². The van der Waals surface area contributed by atoms with Gasteiger partial charge in [-0.2, -0.15) is 0 Å². The summed E-state index contributed by atoms with van der Waals surface area (Å²) in [5, 5.41) is 3.96. The molecule has 1 aromatic heterocycles. The molecule has 4 aliphatic rings. The summed E-state index contributed by atoms with van der Waals surface area (Å²) >= 11 is 2.00. The molecule has 5 heteroatoms. The number of benzene rings is 7. The molecule has 0 saturated carbocycles. The molecule has 2 nitrogen and oxygen atoms in total. The zero-order chi connectivity index (χ0) is 40.5. The Kier molecular flexibility index (Phi) is 6.97. The van der Waals surface area contributed by atoms with Crippen molar-refractivity contribution in [2.45, 2.75) is 78.6 Å². The van der Waals surface area contributed by atoms with Crippen LogP contribution in [0.1, 0.15) is 79.0 Å². The van der Waals surface area contributed by atoms with E-state index < -0.39 is 0 Å². The first-order chi connectivity index (χ1) is 28.2. The minimum atomic E-state index is -0.0489. The maximum Gasteiger partial charge on any atom is 0.329 e. The second-order valence-corrected chi connectivity index (χ2v) is 21.6. The van der Waals surface area contributed by atoms with E-state index in [1.807, 2.05) is 11.3 Å². The van der Waals surface area contributed by atoms with E-state index in [0.717, 1.165) is 0 Å². The van der Waals surface area contributed by atoms with Gasteiger partial charge in [0.05, 0.1) is 5.69 Å². The van der Waals surface area contributed by atoms with Crippen LogP contribution < -0.4 is 36.3 Å². The maximum absolute atomic E-state index is 2.81. The number of thiophene rings is 1. The van der Waals surface area contributed by atoms with Crippen LogP contribution in [0.2, 0.25) is 0 Å². The molecule has 12 rings (SSSR count). The summed E-state index contributed by atoms with van der Waals surface area (Å²) < 4.78 is 2.78. The second kappa shape index (κ2) is 11.6. The Hall–Kier alpha value is -5.51. The van der Waals surface area contributed by atoms with Gasteiger partial charge in [0, 0.05) is 48.7 Å². The van der Waals surface area contributed by atoms with Gasteiger partial charge in [0.15, 0.2) is 0 Å². The van der Waals surface area contributed by atoms with Gasteiger partial charge in [-0.3, -0.25) is 0 Å².